The normalized spacial score (nSPS) is 19.8. The molecule has 1 saturated heterocycles. The molecule has 17 heavy (non-hydrogen) atoms. The number of benzene rings is 1. The van der Waals surface area contributed by atoms with E-state index in [0.29, 0.717) is 6.10 Å². The molecule has 0 saturated carbocycles. The van der Waals surface area contributed by atoms with Gasteiger partial charge in [0.15, 0.2) is 0 Å². The molecular weight excluding hydrogens is 210 g/mol. The van der Waals surface area contributed by atoms with Crippen molar-refractivity contribution in [1.82, 2.24) is 4.90 Å². The first-order valence-electron chi connectivity index (χ1n) is 6.60. The lowest BCUT2D eigenvalue weighted by Gasteiger charge is -2.11. The van der Waals surface area contributed by atoms with Crippen LogP contribution in [0.2, 0.25) is 0 Å². The molecule has 0 spiro atoms. The number of hydrogen-bond acceptors (Lipinski definition) is 2. The van der Waals surface area contributed by atoms with Gasteiger partial charge in [-0.3, -0.25) is 0 Å². The van der Waals surface area contributed by atoms with Gasteiger partial charge in [0, 0.05) is 13.1 Å². The van der Waals surface area contributed by atoms with Gasteiger partial charge in [0.05, 0.1) is 12.7 Å². The van der Waals surface area contributed by atoms with Crippen LogP contribution < -0.4 is 0 Å². The number of hydrogen-bond donors (Lipinski definition) is 0. The zero-order valence-corrected chi connectivity index (χ0v) is 11.4. The van der Waals surface area contributed by atoms with E-state index >= 15 is 0 Å². The van der Waals surface area contributed by atoms with Crippen molar-refractivity contribution in [2.24, 2.45) is 0 Å². The molecule has 2 heteroatoms. The van der Waals surface area contributed by atoms with E-state index in [9.17, 15) is 0 Å². The van der Waals surface area contributed by atoms with Gasteiger partial charge >= 0.3 is 0 Å². The third kappa shape index (κ3) is 5.85. The van der Waals surface area contributed by atoms with Crippen LogP contribution in [0.3, 0.4) is 0 Å². The monoisotopic (exact) mass is 235 g/mol. The lowest BCUT2D eigenvalue weighted by molar-refractivity contribution is 0.0483. The number of ether oxygens (including phenoxy) is 1. The lowest BCUT2D eigenvalue weighted by Crippen LogP contribution is -2.18. The molecule has 1 aromatic carbocycles. The molecule has 1 aromatic rings. The summed E-state index contributed by atoms with van der Waals surface area (Å²) < 4.78 is 5.82. The number of rotatable bonds is 3. The zero-order chi connectivity index (χ0) is 12.5. The molecule has 2 nitrogen and oxygen atoms in total. The summed E-state index contributed by atoms with van der Waals surface area (Å²) in [4.78, 5) is 2.32. The van der Waals surface area contributed by atoms with Crippen molar-refractivity contribution in [3.63, 3.8) is 0 Å². The molecule has 1 aliphatic heterocycles. The second-order valence-electron chi connectivity index (χ2n) is 4.68. The smallest absolute Gasteiger partial charge is 0.0721 e. The van der Waals surface area contributed by atoms with E-state index in [2.05, 4.69) is 50.1 Å². The second-order valence-corrected chi connectivity index (χ2v) is 4.68. The average Bonchev–Trinajstić information content (AvgIpc) is 2.75. The third-order valence-electron chi connectivity index (χ3n) is 2.68. The maximum Gasteiger partial charge on any atom is 0.0721 e. The van der Waals surface area contributed by atoms with E-state index in [4.69, 9.17) is 4.74 Å². The maximum atomic E-state index is 5.82. The molecular formula is C15H25NO. The van der Waals surface area contributed by atoms with Crippen LogP contribution in [0.25, 0.3) is 0 Å². The van der Waals surface area contributed by atoms with Gasteiger partial charge in [0.2, 0.25) is 0 Å². The van der Waals surface area contributed by atoms with Crippen LogP contribution in [0.1, 0.15) is 32.3 Å². The molecule has 96 valence electrons. The summed E-state index contributed by atoms with van der Waals surface area (Å²) in [5.41, 5.74) is 1.27. The SMILES string of the molecule is CCC.CN1CCC(OCc2ccccc2)C1. The standard InChI is InChI=1S/C12H17NO.C3H8/c1-13-8-7-12(9-13)14-10-11-5-3-2-4-6-11;1-3-2/h2-6,12H,7-10H2,1H3;3H2,1-2H3. The van der Waals surface area contributed by atoms with Crippen molar-refractivity contribution in [3.8, 4) is 0 Å². The van der Waals surface area contributed by atoms with Gasteiger partial charge in [-0.1, -0.05) is 50.6 Å². The van der Waals surface area contributed by atoms with Crippen LogP contribution in [-0.2, 0) is 11.3 Å². The minimum Gasteiger partial charge on any atom is -0.372 e. The summed E-state index contributed by atoms with van der Waals surface area (Å²) in [7, 11) is 2.14. The molecule has 2 rings (SSSR count). The van der Waals surface area contributed by atoms with Crippen molar-refractivity contribution in [2.45, 2.75) is 39.4 Å². The maximum absolute atomic E-state index is 5.82. The highest BCUT2D eigenvalue weighted by Crippen LogP contribution is 2.12. The van der Waals surface area contributed by atoms with Crippen LogP contribution in [0.15, 0.2) is 30.3 Å². The van der Waals surface area contributed by atoms with E-state index in [1.54, 1.807) is 0 Å². The summed E-state index contributed by atoms with van der Waals surface area (Å²) in [5, 5.41) is 0. The van der Waals surface area contributed by atoms with Gasteiger partial charge in [-0.15, -0.1) is 0 Å². The Bertz CT molecular complexity index is 286. The van der Waals surface area contributed by atoms with Gasteiger partial charge in [-0.05, 0) is 19.0 Å². The first-order valence-corrected chi connectivity index (χ1v) is 6.60. The van der Waals surface area contributed by atoms with E-state index < -0.39 is 0 Å². The fraction of sp³-hybridized carbons (Fsp3) is 0.600. The Kier molecular flexibility index (Phi) is 6.90. The van der Waals surface area contributed by atoms with Gasteiger partial charge in [0.1, 0.15) is 0 Å². The summed E-state index contributed by atoms with van der Waals surface area (Å²) in [6.07, 6.45) is 2.85. The highest BCUT2D eigenvalue weighted by molar-refractivity contribution is 5.13. The molecule has 1 fully saturated rings. The molecule has 0 N–H and O–H groups in total. The molecule has 1 unspecified atom stereocenters. The molecule has 0 radical (unpaired) electrons. The molecule has 0 bridgehead atoms. The van der Waals surface area contributed by atoms with Crippen molar-refractivity contribution in [3.05, 3.63) is 35.9 Å². The third-order valence-corrected chi connectivity index (χ3v) is 2.68. The largest absolute Gasteiger partial charge is 0.372 e. The van der Waals surface area contributed by atoms with Crippen LogP contribution >= 0.6 is 0 Å². The second kappa shape index (κ2) is 8.26. The van der Waals surface area contributed by atoms with Gasteiger partial charge in [0.25, 0.3) is 0 Å². The Morgan fingerprint density at radius 2 is 1.88 bits per heavy atom. The number of likely N-dealkylation sites (N-methyl/N-ethyl adjacent to an activating group) is 1. The van der Waals surface area contributed by atoms with E-state index in [1.807, 2.05) is 6.07 Å². The number of likely N-dealkylation sites (tertiary alicyclic amines) is 1. The Morgan fingerprint density at radius 1 is 1.24 bits per heavy atom. The topological polar surface area (TPSA) is 12.5 Å². The molecule has 0 aromatic heterocycles. The van der Waals surface area contributed by atoms with Crippen LogP contribution in [0.5, 0.6) is 0 Å². The highest BCUT2D eigenvalue weighted by Gasteiger charge is 2.19. The van der Waals surface area contributed by atoms with Crippen molar-refractivity contribution in [2.75, 3.05) is 20.1 Å². The summed E-state index contributed by atoms with van der Waals surface area (Å²) in [5.74, 6) is 0. The first kappa shape index (κ1) is 14.2. The molecule has 1 heterocycles. The molecule has 0 aliphatic carbocycles. The fourth-order valence-corrected chi connectivity index (χ4v) is 1.82. The molecule has 0 amide bonds. The molecule has 1 aliphatic rings. The van der Waals surface area contributed by atoms with Crippen molar-refractivity contribution in [1.29, 1.82) is 0 Å². The van der Waals surface area contributed by atoms with Gasteiger partial charge in [-0.2, -0.15) is 0 Å². The van der Waals surface area contributed by atoms with Crippen LogP contribution in [-0.4, -0.2) is 31.1 Å². The summed E-state index contributed by atoms with van der Waals surface area (Å²) >= 11 is 0. The first-order chi connectivity index (χ1) is 8.26. The number of nitrogens with zero attached hydrogens (tertiary/aromatic N) is 1. The lowest BCUT2D eigenvalue weighted by atomic mass is 10.2. The zero-order valence-electron chi connectivity index (χ0n) is 11.4. The Morgan fingerprint density at radius 3 is 2.41 bits per heavy atom. The van der Waals surface area contributed by atoms with Gasteiger partial charge < -0.3 is 9.64 Å². The predicted molar refractivity (Wildman–Crippen MR) is 73.1 cm³/mol. The Labute approximate surface area is 106 Å². The predicted octanol–water partition coefficient (Wildman–Crippen LogP) is 3.32. The minimum atomic E-state index is 0.431. The minimum absolute atomic E-state index is 0.431. The van der Waals surface area contributed by atoms with Crippen molar-refractivity contribution >= 4 is 0 Å². The van der Waals surface area contributed by atoms with E-state index in [1.165, 1.54) is 24.9 Å². The average molecular weight is 235 g/mol. The summed E-state index contributed by atoms with van der Waals surface area (Å²) in [6, 6.07) is 10.4. The van der Waals surface area contributed by atoms with Crippen LogP contribution in [0.4, 0.5) is 0 Å². The quantitative estimate of drug-likeness (QED) is 0.797. The van der Waals surface area contributed by atoms with Gasteiger partial charge in [-0.25, -0.2) is 0 Å². The fourth-order valence-electron chi connectivity index (χ4n) is 1.82. The molecule has 1 atom stereocenters. The summed E-state index contributed by atoms with van der Waals surface area (Å²) in [6.45, 7) is 7.24. The highest BCUT2D eigenvalue weighted by atomic mass is 16.5. The van der Waals surface area contributed by atoms with Crippen molar-refractivity contribution < 1.29 is 4.74 Å². The Hall–Kier alpha value is -0.860. The van der Waals surface area contributed by atoms with E-state index in [0.717, 1.165) is 13.2 Å². The van der Waals surface area contributed by atoms with Crippen LogP contribution in [0, 0.1) is 0 Å². The Balaban J connectivity index is 0.000000437. The van der Waals surface area contributed by atoms with E-state index in [-0.39, 0.29) is 0 Å².